The summed E-state index contributed by atoms with van der Waals surface area (Å²) < 4.78 is 13.0. The van der Waals surface area contributed by atoms with E-state index in [4.69, 9.17) is 10.8 Å². The summed E-state index contributed by atoms with van der Waals surface area (Å²) in [5.41, 5.74) is 5.20. The van der Waals surface area contributed by atoms with Crippen LogP contribution in [0.25, 0.3) is 0 Å². The van der Waals surface area contributed by atoms with Gasteiger partial charge in [0, 0.05) is 19.5 Å². The first-order chi connectivity index (χ1) is 6.07. The summed E-state index contributed by atoms with van der Waals surface area (Å²) in [5.74, 6) is -1.09. The predicted molar refractivity (Wildman–Crippen MR) is 46.8 cm³/mol. The molecule has 0 spiro atoms. The molecule has 2 aliphatic heterocycles. The van der Waals surface area contributed by atoms with Crippen LogP contribution in [0.4, 0.5) is 4.39 Å². The number of hydrogen-bond acceptors (Lipinski definition) is 4. The van der Waals surface area contributed by atoms with Gasteiger partial charge in [0.1, 0.15) is 5.82 Å². The van der Waals surface area contributed by atoms with E-state index in [1.54, 1.807) is 6.08 Å². The molecule has 1 atom stereocenters. The molecule has 0 saturated carbocycles. The molecule has 72 valence electrons. The summed E-state index contributed by atoms with van der Waals surface area (Å²) in [5, 5.41) is 9.03. The van der Waals surface area contributed by atoms with Gasteiger partial charge in [-0.2, -0.15) is 0 Å². The number of nitrogens with zero attached hydrogens (tertiary/aromatic N) is 2. The summed E-state index contributed by atoms with van der Waals surface area (Å²) >= 11 is 0. The van der Waals surface area contributed by atoms with Crippen molar-refractivity contribution in [1.29, 1.82) is 0 Å². The van der Waals surface area contributed by atoms with Gasteiger partial charge in [-0.1, -0.05) is 0 Å². The first-order valence-electron chi connectivity index (χ1n) is 4.23. The largest absolute Gasteiger partial charge is 0.389 e. The minimum Gasteiger partial charge on any atom is -0.389 e. The highest BCUT2D eigenvalue weighted by Gasteiger charge is 2.30. The van der Waals surface area contributed by atoms with Gasteiger partial charge >= 0.3 is 0 Å². The summed E-state index contributed by atoms with van der Waals surface area (Å²) in [7, 11) is 0. The average molecular weight is 185 g/mol. The van der Waals surface area contributed by atoms with Crippen molar-refractivity contribution in [1.82, 2.24) is 4.90 Å². The lowest BCUT2D eigenvalue weighted by atomic mass is 10.1. The van der Waals surface area contributed by atoms with Gasteiger partial charge in [0.05, 0.1) is 12.3 Å². The quantitative estimate of drug-likeness (QED) is 0.546. The molecule has 1 saturated heterocycles. The summed E-state index contributed by atoms with van der Waals surface area (Å²) in [6.45, 7) is 1.15. The van der Waals surface area contributed by atoms with Gasteiger partial charge in [0.15, 0.2) is 5.79 Å². The van der Waals surface area contributed by atoms with Crippen molar-refractivity contribution in [2.24, 2.45) is 10.7 Å². The number of likely N-dealkylation sites (tertiary alicyclic amines) is 1. The molecule has 2 aliphatic rings. The maximum atomic E-state index is 13.0. The number of nitrogens with two attached hydrogens (primary N) is 1. The fraction of sp³-hybridized carbons (Fsp3) is 0.625. The summed E-state index contributed by atoms with van der Waals surface area (Å²) in [6, 6.07) is 0. The van der Waals surface area contributed by atoms with Crippen LogP contribution in [0, 0.1) is 0 Å². The van der Waals surface area contributed by atoms with E-state index < -0.39 is 5.79 Å². The van der Waals surface area contributed by atoms with Crippen LogP contribution in [0.1, 0.15) is 6.42 Å². The lowest BCUT2D eigenvalue weighted by Crippen LogP contribution is -2.50. The van der Waals surface area contributed by atoms with Crippen molar-refractivity contribution in [2.75, 3.05) is 13.1 Å². The summed E-state index contributed by atoms with van der Waals surface area (Å²) in [4.78, 5) is 5.77. The van der Waals surface area contributed by atoms with Crippen molar-refractivity contribution in [3.05, 3.63) is 11.9 Å². The molecule has 4 nitrogen and oxygen atoms in total. The Balaban J connectivity index is 1.97. The molecule has 0 aromatic rings. The smallest absolute Gasteiger partial charge is 0.198 e. The maximum Gasteiger partial charge on any atom is 0.198 e. The third-order valence-electron chi connectivity index (χ3n) is 2.20. The Morgan fingerprint density at radius 3 is 2.85 bits per heavy atom. The number of rotatable bonds is 1. The Labute approximate surface area is 75.5 Å². The van der Waals surface area contributed by atoms with E-state index >= 15 is 0 Å². The van der Waals surface area contributed by atoms with Gasteiger partial charge in [-0.05, 0) is 6.08 Å². The average Bonchev–Trinajstić information content (AvgIpc) is 2.00. The number of aliphatic imine (C=N–C) groups is 1. The SMILES string of the molecule is NC1(F)C=NC(N2CC(O)C2)=CC1. The van der Waals surface area contributed by atoms with Gasteiger partial charge < -0.3 is 10.0 Å². The first-order valence-corrected chi connectivity index (χ1v) is 4.23. The van der Waals surface area contributed by atoms with Gasteiger partial charge in [-0.15, -0.1) is 0 Å². The Kier molecular flexibility index (Phi) is 1.85. The van der Waals surface area contributed by atoms with Crippen LogP contribution >= 0.6 is 0 Å². The van der Waals surface area contributed by atoms with E-state index in [0.29, 0.717) is 18.9 Å². The molecule has 0 radical (unpaired) electrons. The van der Waals surface area contributed by atoms with Crippen molar-refractivity contribution < 1.29 is 9.50 Å². The van der Waals surface area contributed by atoms with Gasteiger partial charge in [-0.3, -0.25) is 5.73 Å². The van der Waals surface area contributed by atoms with E-state index in [1.165, 1.54) is 0 Å². The van der Waals surface area contributed by atoms with Crippen LogP contribution in [-0.2, 0) is 0 Å². The van der Waals surface area contributed by atoms with Crippen LogP contribution in [0.2, 0.25) is 0 Å². The Bertz CT molecular complexity index is 269. The first kappa shape index (κ1) is 8.65. The van der Waals surface area contributed by atoms with Crippen LogP contribution in [0.3, 0.4) is 0 Å². The minimum absolute atomic E-state index is 0.151. The summed E-state index contributed by atoms with van der Waals surface area (Å²) in [6.07, 6.45) is 2.66. The van der Waals surface area contributed by atoms with E-state index in [-0.39, 0.29) is 12.5 Å². The van der Waals surface area contributed by atoms with Crippen molar-refractivity contribution in [2.45, 2.75) is 18.3 Å². The van der Waals surface area contributed by atoms with E-state index in [9.17, 15) is 4.39 Å². The van der Waals surface area contributed by atoms with Crippen molar-refractivity contribution in [3.8, 4) is 0 Å². The zero-order chi connectivity index (χ0) is 9.47. The number of hydrogen-bond donors (Lipinski definition) is 2. The zero-order valence-corrected chi connectivity index (χ0v) is 7.15. The second-order valence-corrected chi connectivity index (χ2v) is 3.51. The lowest BCUT2D eigenvalue weighted by molar-refractivity contribution is 0.0231. The fourth-order valence-electron chi connectivity index (χ4n) is 1.38. The highest BCUT2D eigenvalue weighted by molar-refractivity contribution is 5.70. The highest BCUT2D eigenvalue weighted by atomic mass is 19.1. The van der Waals surface area contributed by atoms with Crippen molar-refractivity contribution in [3.63, 3.8) is 0 Å². The predicted octanol–water partition coefficient (Wildman–Crippen LogP) is -0.397. The van der Waals surface area contributed by atoms with Crippen LogP contribution in [0.5, 0.6) is 0 Å². The minimum atomic E-state index is -1.80. The third kappa shape index (κ3) is 1.71. The number of β-amino-alcohol motifs (C(OH)–C–C–N with tert-alkyl or cyclic N) is 1. The zero-order valence-electron chi connectivity index (χ0n) is 7.15. The molecule has 0 bridgehead atoms. The molecule has 1 fully saturated rings. The molecular formula is C8H12FN3O. The second kappa shape index (κ2) is 2.78. The molecule has 0 aromatic heterocycles. The number of halogens is 1. The molecule has 2 heterocycles. The normalized spacial score (nSPS) is 34.4. The Morgan fingerprint density at radius 1 is 1.69 bits per heavy atom. The molecule has 1 unspecified atom stereocenters. The number of aliphatic hydroxyl groups excluding tert-OH is 1. The van der Waals surface area contributed by atoms with E-state index in [1.807, 2.05) is 4.90 Å². The maximum absolute atomic E-state index is 13.0. The van der Waals surface area contributed by atoms with Gasteiger partial charge in [0.25, 0.3) is 0 Å². The van der Waals surface area contributed by atoms with E-state index in [0.717, 1.165) is 6.21 Å². The van der Waals surface area contributed by atoms with Crippen LogP contribution in [0.15, 0.2) is 16.9 Å². The number of aliphatic hydroxyl groups is 1. The number of alkyl halides is 1. The fourth-order valence-corrected chi connectivity index (χ4v) is 1.38. The molecule has 13 heavy (non-hydrogen) atoms. The topological polar surface area (TPSA) is 61.8 Å². The molecular weight excluding hydrogens is 173 g/mol. The van der Waals surface area contributed by atoms with Crippen LogP contribution < -0.4 is 5.73 Å². The standard InChI is InChI=1S/C8H12FN3O/c9-8(10)2-1-7(11-5-8)12-3-6(13)4-12/h1,5-6,13H,2-4,10H2. The molecule has 0 aliphatic carbocycles. The second-order valence-electron chi connectivity index (χ2n) is 3.51. The molecule has 5 heteroatoms. The molecule has 0 aromatic carbocycles. The Hall–Kier alpha value is -0.940. The highest BCUT2D eigenvalue weighted by Crippen LogP contribution is 2.22. The van der Waals surface area contributed by atoms with Crippen molar-refractivity contribution >= 4 is 6.21 Å². The monoisotopic (exact) mass is 185 g/mol. The van der Waals surface area contributed by atoms with E-state index in [2.05, 4.69) is 4.99 Å². The van der Waals surface area contributed by atoms with Crippen LogP contribution in [-0.4, -0.2) is 41.2 Å². The third-order valence-corrected chi connectivity index (χ3v) is 2.20. The Morgan fingerprint density at radius 2 is 2.38 bits per heavy atom. The lowest BCUT2D eigenvalue weighted by Gasteiger charge is -2.38. The molecule has 0 amide bonds. The molecule has 3 N–H and O–H groups in total. The van der Waals surface area contributed by atoms with Gasteiger partial charge in [-0.25, -0.2) is 9.38 Å². The molecule has 2 rings (SSSR count). The van der Waals surface area contributed by atoms with Gasteiger partial charge in [0.2, 0.25) is 0 Å².